The molecule has 1 saturated heterocycles. The summed E-state index contributed by atoms with van der Waals surface area (Å²) in [5.74, 6) is -0.111. The average molecular weight is 382 g/mol. The number of fused-ring (bicyclic) bond motifs is 1. The molecule has 1 fully saturated rings. The fourth-order valence-corrected chi connectivity index (χ4v) is 4.57. The van der Waals surface area contributed by atoms with Gasteiger partial charge in [-0.25, -0.2) is 9.78 Å². The molecule has 1 N–H and O–H groups in total. The largest absolute Gasteiger partial charge is 0.492 e. The van der Waals surface area contributed by atoms with E-state index in [4.69, 9.17) is 4.74 Å². The van der Waals surface area contributed by atoms with E-state index < -0.39 is 5.97 Å². The lowest BCUT2D eigenvalue weighted by atomic mass is 10.0. The molecule has 0 unspecified atom stereocenters. The van der Waals surface area contributed by atoms with E-state index >= 15 is 0 Å². The Kier molecular flexibility index (Phi) is 5.36. The number of likely N-dealkylation sites (tertiary alicyclic amines) is 1. The predicted octanol–water partition coefficient (Wildman–Crippen LogP) is 4.53. The Morgan fingerprint density at radius 2 is 1.93 bits per heavy atom. The van der Waals surface area contributed by atoms with Crippen molar-refractivity contribution in [1.82, 2.24) is 9.88 Å². The molecule has 6 heteroatoms. The fourth-order valence-electron chi connectivity index (χ4n) is 3.56. The van der Waals surface area contributed by atoms with E-state index in [9.17, 15) is 9.90 Å². The number of aromatic carboxylic acids is 1. The van der Waals surface area contributed by atoms with Crippen molar-refractivity contribution in [1.29, 1.82) is 0 Å². The molecule has 0 saturated carbocycles. The highest BCUT2D eigenvalue weighted by Crippen LogP contribution is 2.38. The third-order valence-corrected chi connectivity index (χ3v) is 6.03. The van der Waals surface area contributed by atoms with Crippen LogP contribution in [0.2, 0.25) is 0 Å². The summed E-state index contributed by atoms with van der Waals surface area (Å²) >= 11 is 1.21. The zero-order valence-corrected chi connectivity index (χ0v) is 15.9. The average Bonchev–Trinajstić information content (AvgIpc) is 3.09. The Bertz CT molecular complexity index is 930. The van der Waals surface area contributed by atoms with Crippen LogP contribution in [-0.4, -0.2) is 47.2 Å². The van der Waals surface area contributed by atoms with Crippen LogP contribution in [0, 0.1) is 0 Å². The van der Waals surface area contributed by atoms with E-state index in [0.29, 0.717) is 11.5 Å². The zero-order valence-electron chi connectivity index (χ0n) is 15.1. The molecule has 5 nitrogen and oxygen atoms in total. The molecule has 1 aliphatic heterocycles. The topological polar surface area (TPSA) is 62.7 Å². The van der Waals surface area contributed by atoms with Crippen molar-refractivity contribution in [3.8, 4) is 16.9 Å². The third-order valence-electron chi connectivity index (χ3n) is 4.93. The zero-order chi connectivity index (χ0) is 18.6. The summed E-state index contributed by atoms with van der Waals surface area (Å²) in [6, 6.07) is 11.4. The second-order valence-corrected chi connectivity index (χ2v) is 7.74. The maximum absolute atomic E-state index is 11.7. The fraction of sp³-hybridized carbons (Fsp3) is 0.333. The smallest absolute Gasteiger partial charge is 0.346 e. The van der Waals surface area contributed by atoms with Gasteiger partial charge < -0.3 is 9.84 Å². The van der Waals surface area contributed by atoms with E-state index in [0.717, 1.165) is 33.6 Å². The number of ether oxygens (including phenoxy) is 1. The monoisotopic (exact) mass is 382 g/mol. The van der Waals surface area contributed by atoms with Gasteiger partial charge in [0.2, 0.25) is 0 Å². The van der Waals surface area contributed by atoms with Gasteiger partial charge >= 0.3 is 5.97 Å². The molecule has 4 rings (SSSR count). The molecule has 0 spiro atoms. The molecule has 3 aromatic rings. The van der Waals surface area contributed by atoms with E-state index in [1.807, 2.05) is 36.4 Å². The van der Waals surface area contributed by atoms with Crippen molar-refractivity contribution in [3.05, 3.63) is 47.5 Å². The van der Waals surface area contributed by atoms with Gasteiger partial charge in [0, 0.05) is 23.7 Å². The van der Waals surface area contributed by atoms with Crippen LogP contribution in [0.4, 0.5) is 0 Å². The maximum Gasteiger partial charge on any atom is 0.346 e. The maximum atomic E-state index is 11.7. The summed E-state index contributed by atoms with van der Waals surface area (Å²) in [6.07, 6.45) is 5.59. The summed E-state index contributed by atoms with van der Waals surface area (Å²) in [5, 5.41) is 10.4. The number of piperidine rings is 1. The minimum absolute atomic E-state index is 0.322. The lowest BCUT2D eigenvalue weighted by molar-refractivity contribution is 0.0703. The second kappa shape index (κ2) is 8.06. The molecule has 0 radical (unpaired) electrons. The van der Waals surface area contributed by atoms with Crippen molar-refractivity contribution in [2.75, 3.05) is 26.2 Å². The number of aromatic nitrogens is 1. The van der Waals surface area contributed by atoms with Gasteiger partial charge in [0.15, 0.2) is 0 Å². The van der Waals surface area contributed by atoms with Gasteiger partial charge in [0.25, 0.3) is 0 Å². The van der Waals surface area contributed by atoms with Crippen LogP contribution in [0.15, 0.2) is 42.6 Å². The van der Waals surface area contributed by atoms with Gasteiger partial charge in [-0.15, -0.1) is 11.3 Å². The van der Waals surface area contributed by atoms with E-state index in [-0.39, 0.29) is 0 Å². The van der Waals surface area contributed by atoms with Crippen molar-refractivity contribution >= 4 is 27.5 Å². The molecule has 2 aromatic heterocycles. The third kappa shape index (κ3) is 3.96. The first-order valence-electron chi connectivity index (χ1n) is 9.29. The SMILES string of the molecule is O=C(O)c1sc2ncccc2c1-c1ccc(OCCN2CCCCC2)cc1. The number of nitrogens with zero attached hydrogens (tertiary/aromatic N) is 2. The van der Waals surface area contributed by atoms with Gasteiger partial charge in [-0.05, 0) is 55.8 Å². The summed E-state index contributed by atoms with van der Waals surface area (Å²) in [4.78, 5) is 19.5. The Morgan fingerprint density at radius 3 is 2.67 bits per heavy atom. The molecule has 140 valence electrons. The van der Waals surface area contributed by atoms with Crippen LogP contribution in [0.1, 0.15) is 28.9 Å². The summed E-state index contributed by atoms with van der Waals surface area (Å²) < 4.78 is 5.88. The van der Waals surface area contributed by atoms with Gasteiger partial charge in [-0.3, -0.25) is 4.90 Å². The summed E-state index contributed by atoms with van der Waals surface area (Å²) in [6.45, 7) is 3.95. The Labute approximate surface area is 162 Å². The highest BCUT2D eigenvalue weighted by Gasteiger charge is 2.19. The van der Waals surface area contributed by atoms with E-state index in [1.165, 1.54) is 43.7 Å². The van der Waals surface area contributed by atoms with Gasteiger partial charge in [0.1, 0.15) is 22.1 Å². The molecule has 0 bridgehead atoms. The number of hydrogen-bond donors (Lipinski definition) is 1. The number of benzene rings is 1. The van der Waals surface area contributed by atoms with Crippen LogP contribution in [0.5, 0.6) is 5.75 Å². The van der Waals surface area contributed by atoms with Crippen LogP contribution < -0.4 is 4.74 Å². The lowest BCUT2D eigenvalue weighted by Gasteiger charge is -2.26. The van der Waals surface area contributed by atoms with Gasteiger partial charge in [-0.2, -0.15) is 0 Å². The van der Waals surface area contributed by atoms with Crippen molar-refractivity contribution in [2.45, 2.75) is 19.3 Å². The second-order valence-electron chi connectivity index (χ2n) is 6.74. The van der Waals surface area contributed by atoms with Crippen LogP contribution >= 0.6 is 11.3 Å². The standard InChI is InChI=1S/C21H22N2O3S/c24-21(25)19-18(17-5-4-10-22-20(17)27-19)15-6-8-16(9-7-15)26-14-13-23-11-2-1-3-12-23/h4-10H,1-3,11-14H2,(H,24,25). The van der Waals surface area contributed by atoms with E-state index in [2.05, 4.69) is 9.88 Å². The van der Waals surface area contributed by atoms with Gasteiger partial charge in [-0.1, -0.05) is 18.6 Å². The highest BCUT2D eigenvalue weighted by atomic mass is 32.1. The van der Waals surface area contributed by atoms with Crippen molar-refractivity contribution < 1.29 is 14.6 Å². The number of rotatable bonds is 6. The molecular weight excluding hydrogens is 360 g/mol. The first-order chi connectivity index (χ1) is 13.2. The lowest BCUT2D eigenvalue weighted by Crippen LogP contribution is -2.33. The number of pyridine rings is 1. The molecule has 27 heavy (non-hydrogen) atoms. The highest BCUT2D eigenvalue weighted by molar-refractivity contribution is 7.21. The number of carboxylic acids is 1. The summed E-state index contributed by atoms with van der Waals surface area (Å²) in [7, 11) is 0. The number of hydrogen-bond acceptors (Lipinski definition) is 5. The first-order valence-corrected chi connectivity index (χ1v) is 10.1. The van der Waals surface area contributed by atoms with E-state index in [1.54, 1.807) is 6.20 Å². The molecule has 0 atom stereocenters. The molecule has 0 amide bonds. The summed E-state index contributed by atoms with van der Waals surface area (Å²) in [5.41, 5.74) is 1.60. The minimum atomic E-state index is -0.921. The first kappa shape index (κ1) is 17.9. The Balaban J connectivity index is 1.50. The number of carboxylic acid groups (broad SMARTS) is 1. The quantitative estimate of drug-likeness (QED) is 0.679. The van der Waals surface area contributed by atoms with Gasteiger partial charge in [0.05, 0.1) is 0 Å². The Hall–Kier alpha value is -2.44. The molecule has 1 aromatic carbocycles. The predicted molar refractivity (Wildman–Crippen MR) is 108 cm³/mol. The van der Waals surface area contributed by atoms with Crippen LogP contribution in [0.25, 0.3) is 21.3 Å². The Morgan fingerprint density at radius 1 is 1.15 bits per heavy atom. The number of thiophene rings is 1. The van der Waals surface area contributed by atoms with Crippen molar-refractivity contribution in [2.24, 2.45) is 0 Å². The molecular formula is C21H22N2O3S. The molecule has 3 heterocycles. The molecule has 1 aliphatic rings. The van der Waals surface area contributed by atoms with Crippen LogP contribution in [0.3, 0.4) is 0 Å². The molecule has 0 aliphatic carbocycles. The normalized spacial score (nSPS) is 15.1. The van der Waals surface area contributed by atoms with Crippen molar-refractivity contribution in [3.63, 3.8) is 0 Å². The minimum Gasteiger partial charge on any atom is -0.492 e. The number of carbonyl (C=O) groups is 1. The van der Waals surface area contributed by atoms with Crippen LogP contribution in [-0.2, 0) is 0 Å².